The molecule has 0 radical (unpaired) electrons. The van der Waals surface area contributed by atoms with Gasteiger partial charge in [0.1, 0.15) is 0 Å². The summed E-state index contributed by atoms with van der Waals surface area (Å²) >= 11 is 27.1. The number of amidine groups is 1. The molecule has 146 valence electrons. The van der Waals surface area contributed by atoms with Crippen LogP contribution in [0.25, 0.3) is 16.6 Å². The minimum Gasteiger partial charge on any atom is -0.300 e. The lowest BCUT2D eigenvalue weighted by molar-refractivity contribution is -0.115. The van der Waals surface area contributed by atoms with Crippen molar-refractivity contribution in [3.63, 3.8) is 0 Å². The molecule has 1 N–H and O–H groups in total. The van der Waals surface area contributed by atoms with Crippen LogP contribution in [0.1, 0.15) is 5.56 Å². The number of nitrogens with one attached hydrogen (secondary N) is 1. The van der Waals surface area contributed by atoms with E-state index in [0.29, 0.717) is 51.4 Å². The van der Waals surface area contributed by atoms with Crippen LogP contribution in [0.4, 0.5) is 5.13 Å². The number of halogens is 4. The second-order valence-corrected chi connectivity index (χ2v) is 9.22. The Morgan fingerprint density at radius 3 is 2.21 bits per heavy atom. The van der Waals surface area contributed by atoms with E-state index in [2.05, 4.69) is 20.5 Å². The third-order valence-corrected chi connectivity index (χ3v) is 6.75. The molecule has 1 fully saturated rings. The normalized spacial score (nSPS) is 16.6. The smallest absolute Gasteiger partial charge is 0.264 e. The minimum atomic E-state index is -0.302. The summed E-state index contributed by atoms with van der Waals surface area (Å²) in [4.78, 5) is 17.0. The molecule has 1 aromatic heterocycles. The molecule has 5 nitrogen and oxygen atoms in total. The van der Waals surface area contributed by atoms with E-state index in [1.165, 1.54) is 11.3 Å². The highest BCUT2D eigenvalue weighted by Gasteiger charge is 2.25. The van der Waals surface area contributed by atoms with Crippen LogP contribution in [-0.4, -0.2) is 21.3 Å². The minimum absolute atomic E-state index is 0.302. The molecule has 1 saturated heterocycles. The molecular formula is C18H8Cl4N4OS2. The number of hydrogen-bond donors (Lipinski definition) is 1. The fraction of sp³-hybridized carbons (Fsp3) is 0. The molecule has 0 unspecified atom stereocenters. The van der Waals surface area contributed by atoms with E-state index in [1.54, 1.807) is 42.5 Å². The molecule has 0 atom stereocenters. The van der Waals surface area contributed by atoms with E-state index < -0.39 is 0 Å². The van der Waals surface area contributed by atoms with Gasteiger partial charge in [-0.2, -0.15) is 4.99 Å². The Morgan fingerprint density at radius 1 is 0.931 bits per heavy atom. The van der Waals surface area contributed by atoms with Gasteiger partial charge in [0.15, 0.2) is 10.2 Å². The molecular weight excluding hydrogens is 494 g/mol. The third-order valence-electron chi connectivity index (χ3n) is 3.71. The average Bonchev–Trinajstić information content (AvgIpc) is 3.25. The van der Waals surface area contributed by atoms with Crippen LogP contribution in [0.5, 0.6) is 0 Å². The number of aromatic nitrogens is 2. The lowest BCUT2D eigenvalue weighted by Crippen LogP contribution is -2.19. The molecule has 0 aliphatic carbocycles. The summed E-state index contributed by atoms with van der Waals surface area (Å²) < 4.78 is 0. The van der Waals surface area contributed by atoms with Crippen LogP contribution >= 0.6 is 69.5 Å². The average molecular weight is 502 g/mol. The van der Waals surface area contributed by atoms with Crippen LogP contribution < -0.4 is 5.32 Å². The van der Waals surface area contributed by atoms with E-state index in [0.717, 1.165) is 11.8 Å². The van der Waals surface area contributed by atoms with Crippen LogP contribution in [0, 0.1) is 0 Å². The predicted octanol–water partition coefficient (Wildman–Crippen LogP) is 6.71. The Hall–Kier alpha value is -1.61. The largest absolute Gasteiger partial charge is 0.300 e. The van der Waals surface area contributed by atoms with Gasteiger partial charge in [-0.15, -0.1) is 10.2 Å². The Kier molecular flexibility index (Phi) is 6.15. The monoisotopic (exact) mass is 500 g/mol. The van der Waals surface area contributed by atoms with Crippen LogP contribution in [0.2, 0.25) is 20.1 Å². The second-order valence-electron chi connectivity index (χ2n) is 5.60. The summed E-state index contributed by atoms with van der Waals surface area (Å²) in [7, 11) is 0. The molecule has 0 spiro atoms. The lowest BCUT2D eigenvalue weighted by Gasteiger charge is -2.01. The number of nitrogens with zero attached hydrogens (tertiary/aromatic N) is 3. The van der Waals surface area contributed by atoms with Gasteiger partial charge in [0.05, 0.1) is 15.0 Å². The maximum atomic E-state index is 12.3. The number of aliphatic imine (C=N–C) groups is 1. The van der Waals surface area contributed by atoms with Crippen molar-refractivity contribution in [2.75, 3.05) is 0 Å². The first-order valence-corrected chi connectivity index (χ1v) is 11.1. The lowest BCUT2D eigenvalue weighted by atomic mass is 10.2. The number of rotatable bonds is 3. The molecule has 1 amide bonds. The topological polar surface area (TPSA) is 67.2 Å². The van der Waals surface area contributed by atoms with Gasteiger partial charge in [-0.3, -0.25) is 4.79 Å². The number of amides is 1. The van der Waals surface area contributed by atoms with E-state index >= 15 is 0 Å². The highest BCUT2D eigenvalue weighted by atomic mass is 35.5. The molecule has 1 aliphatic heterocycles. The zero-order chi connectivity index (χ0) is 20.5. The van der Waals surface area contributed by atoms with Gasteiger partial charge in [-0.05, 0) is 42.1 Å². The summed E-state index contributed by atoms with van der Waals surface area (Å²) in [6, 6.07) is 10.3. The van der Waals surface area contributed by atoms with Gasteiger partial charge in [-0.25, -0.2) is 0 Å². The summed E-state index contributed by atoms with van der Waals surface area (Å²) in [5, 5.41) is 13.9. The standard InChI is InChI=1S/C18H8Cl4N4OS2/c19-9-3-1-4-10(20)8(9)7-13-15(27)23-17(28-13)24-18-26-25-16(29-18)14-11(21)5-2-6-12(14)22/h1-7H,(H,23,24,26,27). The van der Waals surface area contributed by atoms with Gasteiger partial charge < -0.3 is 5.32 Å². The van der Waals surface area contributed by atoms with Gasteiger partial charge >= 0.3 is 0 Å². The molecule has 11 heteroatoms. The van der Waals surface area contributed by atoms with Gasteiger partial charge in [0.25, 0.3) is 5.91 Å². The van der Waals surface area contributed by atoms with E-state index in [9.17, 15) is 4.79 Å². The van der Waals surface area contributed by atoms with Crippen molar-refractivity contribution >= 4 is 91.8 Å². The van der Waals surface area contributed by atoms with E-state index in [4.69, 9.17) is 46.4 Å². The van der Waals surface area contributed by atoms with Gasteiger partial charge in [0, 0.05) is 21.2 Å². The van der Waals surface area contributed by atoms with Crippen molar-refractivity contribution in [3.8, 4) is 10.6 Å². The molecule has 4 rings (SSSR count). The number of hydrogen-bond acceptors (Lipinski definition) is 6. The summed E-state index contributed by atoms with van der Waals surface area (Å²) in [5.74, 6) is -0.302. The molecule has 0 bridgehead atoms. The number of benzene rings is 2. The number of carbonyl (C=O) groups is 1. The predicted molar refractivity (Wildman–Crippen MR) is 123 cm³/mol. The van der Waals surface area contributed by atoms with Crippen molar-refractivity contribution < 1.29 is 4.79 Å². The highest BCUT2D eigenvalue weighted by Crippen LogP contribution is 2.39. The summed E-state index contributed by atoms with van der Waals surface area (Å²) in [6.45, 7) is 0. The van der Waals surface area contributed by atoms with Gasteiger partial charge in [-0.1, -0.05) is 69.9 Å². The highest BCUT2D eigenvalue weighted by molar-refractivity contribution is 8.18. The number of carbonyl (C=O) groups excluding carboxylic acids is 1. The van der Waals surface area contributed by atoms with Crippen LogP contribution in [-0.2, 0) is 4.79 Å². The van der Waals surface area contributed by atoms with Crippen molar-refractivity contribution in [1.29, 1.82) is 0 Å². The molecule has 29 heavy (non-hydrogen) atoms. The Labute approximate surface area is 193 Å². The van der Waals surface area contributed by atoms with Crippen molar-refractivity contribution in [2.24, 2.45) is 4.99 Å². The number of thioether (sulfide) groups is 1. The summed E-state index contributed by atoms with van der Waals surface area (Å²) in [5.41, 5.74) is 1.16. The van der Waals surface area contributed by atoms with Gasteiger partial charge in [0.2, 0.25) is 5.13 Å². The maximum Gasteiger partial charge on any atom is 0.264 e. The first-order chi connectivity index (χ1) is 13.9. The first kappa shape index (κ1) is 20.7. The van der Waals surface area contributed by atoms with Crippen LogP contribution in [0.3, 0.4) is 0 Å². The third kappa shape index (κ3) is 4.45. The SMILES string of the molecule is O=C1NC(=Nc2nnc(-c3c(Cl)cccc3Cl)s2)SC1=Cc1c(Cl)cccc1Cl. The summed E-state index contributed by atoms with van der Waals surface area (Å²) in [6.07, 6.45) is 1.63. The fourth-order valence-electron chi connectivity index (χ4n) is 2.41. The fourth-order valence-corrected chi connectivity index (χ4v) is 5.26. The van der Waals surface area contributed by atoms with Crippen molar-refractivity contribution in [3.05, 3.63) is 67.0 Å². The molecule has 2 heterocycles. The first-order valence-electron chi connectivity index (χ1n) is 7.94. The molecule has 3 aromatic rings. The quantitative estimate of drug-likeness (QED) is 0.405. The maximum absolute atomic E-state index is 12.3. The van der Waals surface area contributed by atoms with Crippen molar-refractivity contribution in [1.82, 2.24) is 15.5 Å². The van der Waals surface area contributed by atoms with E-state index in [1.807, 2.05) is 0 Å². The Balaban J connectivity index is 1.60. The van der Waals surface area contributed by atoms with Crippen LogP contribution in [0.15, 0.2) is 46.3 Å². The molecule has 0 saturated carbocycles. The van der Waals surface area contributed by atoms with Crippen molar-refractivity contribution in [2.45, 2.75) is 0 Å². The Morgan fingerprint density at radius 2 is 1.55 bits per heavy atom. The zero-order valence-electron chi connectivity index (χ0n) is 14.1. The second kappa shape index (κ2) is 8.63. The molecule has 1 aliphatic rings. The molecule has 2 aromatic carbocycles. The zero-order valence-corrected chi connectivity index (χ0v) is 18.8. The van der Waals surface area contributed by atoms with E-state index in [-0.39, 0.29) is 5.91 Å². The Bertz CT molecular complexity index is 1150.